The number of benzene rings is 3. The molecule has 0 aliphatic carbocycles. The van der Waals surface area contributed by atoms with Gasteiger partial charge >= 0.3 is 0 Å². The Hall–Kier alpha value is -3.69. The van der Waals surface area contributed by atoms with Crippen molar-refractivity contribution in [3.63, 3.8) is 0 Å². The SMILES string of the molecule is CCN(CC)c1ccc(NC(=O)[C@H](NS(=O)(=O)c2ccc3c(c2)CCC(=O)N3)c2ccccc2)c(C)c1. The molecule has 0 spiro atoms. The number of nitrogens with one attached hydrogen (secondary N) is 3. The Morgan fingerprint density at radius 1 is 1.00 bits per heavy atom. The molecule has 0 bridgehead atoms. The summed E-state index contributed by atoms with van der Waals surface area (Å²) in [4.78, 5) is 27.4. The molecule has 1 heterocycles. The number of rotatable bonds is 9. The van der Waals surface area contributed by atoms with E-state index in [1.807, 2.05) is 25.1 Å². The van der Waals surface area contributed by atoms with Crippen LogP contribution in [-0.2, 0) is 26.0 Å². The summed E-state index contributed by atoms with van der Waals surface area (Å²) in [5.74, 6) is -0.582. The van der Waals surface area contributed by atoms with E-state index in [9.17, 15) is 18.0 Å². The van der Waals surface area contributed by atoms with E-state index in [4.69, 9.17) is 0 Å². The number of aryl methyl sites for hydroxylation is 2. The van der Waals surface area contributed by atoms with E-state index in [-0.39, 0.29) is 10.8 Å². The first kappa shape index (κ1) is 26.4. The van der Waals surface area contributed by atoms with Crippen molar-refractivity contribution in [1.82, 2.24) is 4.72 Å². The van der Waals surface area contributed by atoms with Gasteiger partial charge in [0.05, 0.1) is 4.90 Å². The number of amides is 2. The van der Waals surface area contributed by atoms with Gasteiger partial charge in [-0.1, -0.05) is 30.3 Å². The summed E-state index contributed by atoms with van der Waals surface area (Å²) < 4.78 is 29.4. The number of hydrogen-bond donors (Lipinski definition) is 3. The van der Waals surface area contributed by atoms with E-state index in [1.165, 1.54) is 6.07 Å². The number of carbonyl (C=O) groups excluding carboxylic acids is 2. The van der Waals surface area contributed by atoms with E-state index in [0.717, 1.165) is 29.9 Å². The molecule has 8 nitrogen and oxygen atoms in total. The molecule has 0 saturated heterocycles. The molecule has 3 aromatic carbocycles. The summed E-state index contributed by atoms with van der Waals surface area (Å²) in [5, 5.41) is 5.66. The van der Waals surface area contributed by atoms with Gasteiger partial charge in [-0.25, -0.2) is 8.42 Å². The zero-order valence-electron chi connectivity index (χ0n) is 21.2. The molecule has 0 radical (unpaired) electrons. The maximum atomic E-state index is 13.5. The van der Waals surface area contributed by atoms with Gasteiger partial charge in [-0.2, -0.15) is 4.72 Å². The molecular formula is C28H32N4O4S. The van der Waals surface area contributed by atoms with Crippen LogP contribution in [0.5, 0.6) is 0 Å². The van der Waals surface area contributed by atoms with Crippen molar-refractivity contribution in [2.45, 2.75) is 44.6 Å². The molecule has 4 rings (SSSR count). The van der Waals surface area contributed by atoms with Crippen molar-refractivity contribution in [1.29, 1.82) is 0 Å². The molecule has 2 amide bonds. The average molecular weight is 521 g/mol. The molecule has 0 fully saturated rings. The fourth-order valence-corrected chi connectivity index (χ4v) is 5.68. The van der Waals surface area contributed by atoms with Crippen LogP contribution in [0, 0.1) is 6.92 Å². The fraction of sp³-hybridized carbons (Fsp3) is 0.286. The van der Waals surface area contributed by atoms with E-state index in [2.05, 4.69) is 34.1 Å². The molecule has 0 aromatic heterocycles. The number of nitrogens with zero attached hydrogens (tertiary/aromatic N) is 1. The minimum atomic E-state index is -4.06. The van der Waals surface area contributed by atoms with Gasteiger partial charge < -0.3 is 15.5 Å². The Kier molecular flexibility index (Phi) is 7.94. The molecule has 1 aliphatic rings. The zero-order chi connectivity index (χ0) is 26.6. The maximum absolute atomic E-state index is 13.5. The molecule has 0 unspecified atom stereocenters. The third-order valence-corrected chi connectivity index (χ3v) is 7.97. The maximum Gasteiger partial charge on any atom is 0.247 e. The van der Waals surface area contributed by atoms with Gasteiger partial charge in [0.25, 0.3) is 0 Å². The van der Waals surface area contributed by atoms with Crippen molar-refractivity contribution in [3.8, 4) is 0 Å². The molecule has 3 aromatic rings. The van der Waals surface area contributed by atoms with E-state index >= 15 is 0 Å². The Balaban J connectivity index is 1.61. The van der Waals surface area contributed by atoms with Crippen molar-refractivity contribution < 1.29 is 18.0 Å². The molecule has 9 heteroatoms. The van der Waals surface area contributed by atoms with Crippen LogP contribution in [-0.4, -0.2) is 33.3 Å². The lowest BCUT2D eigenvalue weighted by Gasteiger charge is -2.23. The highest BCUT2D eigenvalue weighted by atomic mass is 32.2. The molecule has 3 N–H and O–H groups in total. The largest absolute Gasteiger partial charge is 0.372 e. The van der Waals surface area contributed by atoms with Crippen LogP contribution >= 0.6 is 0 Å². The number of hydrogen-bond acceptors (Lipinski definition) is 5. The highest BCUT2D eigenvalue weighted by Crippen LogP contribution is 2.28. The van der Waals surface area contributed by atoms with Crippen LogP contribution in [0.2, 0.25) is 0 Å². The second kappa shape index (κ2) is 11.1. The van der Waals surface area contributed by atoms with Crippen LogP contribution in [0.3, 0.4) is 0 Å². The van der Waals surface area contributed by atoms with Crippen molar-refractivity contribution >= 4 is 38.9 Å². The lowest BCUT2D eigenvalue weighted by molar-refractivity contribution is -0.118. The van der Waals surface area contributed by atoms with Crippen LogP contribution in [0.1, 0.15) is 43.0 Å². The Labute approximate surface area is 218 Å². The Morgan fingerprint density at radius 2 is 1.73 bits per heavy atom. The molecule has 37 heavy (non-hydrogen) atoms. The van der Waals surface area contributed by atoms with Crippen molar-refractivity contribution in [3.05, 3.63) is 83.4 Å². The number of fused-ring (bicyclic) bond motifs is 1. The van der Waals surface area contributed by atoms with Gasteiger partial charge in [-0.05, 0) is 80.3 Å². The van der Waals surface area contributed by atoms with Gasteiger partial charge in [0, 0.05) is 36.6 Å². The highest BCUT2D eigenvalue weighted by molar-refractivity contribution is 7.89. The van der Waals surface area contributed by atoms with Crippen LogP contribution in [0.15, 0.2) is 71.6 Å². The smallest absolute Gasteiger partial charge is 0.247 e. The molecule has 0 saturated carbocycles. The van der Waals surface area contributed by atoms with Crippen molar-refractivity contribution in [2.75, 3.05) is 28.6 Å². The molecular weight excluding hydrogens is 488 g/mol. The fourth-order valence-electron chi connectivity index (χ4n) is 4.45. The van der Waals surface area contributed by atoms with Crippen LogP contribution in [0.25, 0.3) is 0 Å². The zero-order valence-corrected chi connectivity index (χ0v) is 22.1. The summed E-state index contributed by atoms with van der Waals surface area (Å²) in [5.41, 5.74) is 4.42. The lowest BCUT2D eigenvalue weighted by Crippen LogP contribution is -2.37. The van der Waals surface area contributed by atoms with Gasteiger partial charge in [-0.3, -0.25) is 9.59 Å². The Morgan fingerprint density at radius 3 is 2.41 bits per heavy atom. The summed E-state index contributed by atoms with van der Waals surface area (Å²) >= 11 is 0. The monoisotopic (exact) mass is 520 g/mol. The van der Waals surface area contributed by atoms with E-state index in [0.29, 0.717) is 29.8 Å². The summed E-state index contributed by atoms with van der Waals surface area (Å²) in [6.45, 7) is 7.83. The minimum Gasteiger partial charge on any atom is -0.372 e. The van der Waals surface area contributed by atoms with E-state index < -0.39 is 22.0 Å². The quantitative estimate of drug-likeness (QED) is 0.388. The molecule has 1 atom stereocenters. The second-order valence-electron chi connectivity index (χ2n) is 8.99. The first-order chi connectivity index (χ1) is 17.7. The van der Waals surface area contributed by atoms with Crippen LogP contribution in [0.4, 0.5) is 17.1 Å². The number of carbonyl (C=O) groups is 2. The predicted molar refractivity (Wildman–Crippen MR) is 146 cm³/mol. The lowest BCUT2D eigenvalue weighted by atomic mass is 10.0. The number of sulfonamides is 1. The predicted octanol–water partition coefficient (Wildman–Crippen LogP) is 4.38. The molecule has 194 valence electrons. The standard InChI is InChI=1S/C28H32N4O4S/c1-4-32(5-2)22-12-14-24(19(3)17-22)30-28(34)27(20-9-7-6-8-10-20)31-37(35,36)23-13-15-25-21(18-23)11-16-26(33)29-25/h6-10,12-15,17-18,27,31H,4-5,11,16H2,1-3H3,(H,29,33)(H,30,34)/t27-/m1/s1. The first-order valence-corrected chi connectivity index (χ1v) is 13.9. The summed E-state index contributed by atoms with van der Waals surface area (Å²) in [7, 11) is -4.06. The number of anilines is 3. The van der Waals surface area contributed by atoms with Gasteiger partial charge in [-0.15, -0.1) is 0 Å². The third kappa shape index (κ3) is 6.00. The average Bonchev–Trinajstić information content (AvgIpc) is 2.89. The summed E-state index contributed by atoms with van der Waals surface area (Å²) in [6, 6.07) is 18.0. The normalized spacial score (nSPS) is 13.9. The summed E-state index contributed by atoms with van der Waals surface area (Å²) in [6.07, 6.45) is 0.751. The van der Waals surface area contributed by atoms with E-state index in [1.54, 1.807) is 42.5 Å². The Bertz CT molecular complexity index is 1400. The van der Waals surface area contributed by atoms with Crippen molar-refractivity contribution in [2.24, 2.45) is 0 Å². The van der Waals surface area contributed by atoms with Gasteiger partial charge in [0.2, 0.25) is 21.8 Å². The second-order valence-corrected chi connectivity index (χ2v) is 10.7. The topological polar surface area (TPSA) is 108 Å². The van der Waals surface area contributed by atoms with Gasteiger partial charge in [0.1, 0.15) is 6.04 Å². The van der Waals surface area contributed by atoms with Crippen LogP contribution < -0.4 is 20.3 Å². The highest BCUT2D eigenvalue weighted by Gasteiger charge is 2.29. The first-order valence-electron chi connectivity index (χ1n) is 12.4. The third-order valence-electron chi connectivity index (χ3n) is 6.55. The minimum absolute atomic E-state index is 0.0379. The van der Waals surface area contributed by atoms with Gasteiger partial charge in [0.15, 0.2) is 0 Å². The molecule has 1 aliphatic heterocycles.